The zero-order chi connectivity index (χ0) is 24.0. The first-order valence-corrected chi connectivity index (χ1v) is 10.7. The average Bonchev–Trinajstić information content (AvgIpc) is 2.82. The second kappa shape index (κ2) is 10.6. The molecular formula is C23H24N4O5S. The third-order valence-electron chi connectivity index (χ3n) is 4.96. The molecule has 0 radical (unpaired) electrons. The number of nitrogens with one attached hydrogen (secondary N) is 3. The van der Waals surface area contributed by atoms with E-state index in [1.165, 1.54) is 13.2 Å². The van der Waals surface area contributed by atoms with Gasteiger partial charge in [0.25, 0.3) is 11.8 Å². The van der Waals surface area contributed by atoms with Crippen LogP contribution in [-0.2, 0) is 0 Å². The topological polar surface area (TPSA) is 113 Å². The highest BCUT2D eigenvalue weighted by molar-refractivity contribution is 7.80. The lowest BCUT2D eigenvalue weighted by Gasteiger charge is -2.21. The number of hydrogen-bond acceptors (Lipinski definition) is 7. The number of nitrogens with zero attached hydrogens (tertiary/aromatic N) is 1. The van der Waals surface area contributed by atoms with Gasteiger partial charge < -0.3 is 14.1 Å². The smallest absolute Gasteiger partial charge is 0.349 e. The van der Waals surface area contributed by atoms with Crippen molar-refractivity contribution in [2.45, 2.75) is 13.8 Å². The van der Waals surface area contributed by atoms with Crippen LogP contribution in [0.3, 0.4) is 0 Å². The Hall–Kier alpha value is -3.92. The fourth-order valence-corrected chi connectivity index (χ4v) is 3.32. The van der Waals surface area contributed by atoms with Gasteiger partial charge in [0.15, 0.2) is 5.11 Å². The van der Waals surface area contributed by atoms with E-state index in [4.69, 9.17) is 21.4 Å². The molecule has 0 spiro atoms. The summed E-state index contributed by atoms with van der Waals surface area (Å²) in [5.74, 6) is -0.615. The normalized spacial score (nSPS) is 10.4. The van der Waals surface area contributed by atoms with Gasteiger partial charge in [-0.2, -0.15) is 0 Å². The van der Waals surface area contributed by atoms with Crippen molar-refractivity contribution in [3.8, 4) is 5.75 Å². The van der Waals surface area contributed by atoms with E-state index in [0.29, 0.717) is 22.3 Å². The van der Waals surface area contributed by atoms with Crippen molar-refractivity contribution in [3.63, 3.8) is 0 Å². The number of thiocarbonyl (C=S) groups is 1. The van der Waals surface area contributed by atoms with Gasteiger partial charge in [0.1, 0.15) is 16.9 Å². The number of fused-ring (bicyclic) bond motifs is 1. The number of ether oxygens (including phenoxy) is 1. The maximum absolute atomic E-state index is 12.5. The first-order chi connectivity index (χ1) is 15.9. The molecule has 2 amide bonds. The van der Waals surface area contributed by atoms with Gasteiger partial charge in [-0.25, -0.2) is 4.79 Å². The number of carbonyl (C=O) groups is 2. The maximum atomic E-state index is 12.5. The van der Waals surface area contributed by atoms with Crippen LogP contribution in [0.2, 0.25) is 0 Å². The predicted molar refractivity (Wildman–Crippen MR) is 130 cm³/mol. The summed E-state index contributed by atoms with van der Waals surface area (Å²) in [6, 6.07) is 13.3. The molecule has 10 heteroatoms. The molecule has 0 unspecified atom stereocenters. The van der Waals surface area contributed by atoms with Gasteiger partial charge in [0, 0.05) is 35.8 Å². The molecule has 172 valence electrons. The minimum Gasteiger partial charge on any atom is -0.497 e. The zero-order valence-electron chi connectivity index (χ0n) is 18.4. The quantitative estimate of drug-likeness (QED) is 0.288. The second-order valence-electron chi connectivity index (χ2n) is 6.93. The second-order valence-corrected chi connectivity index (χ2v) is 7.34. The maximum Gasteiger partial charge on any atom is 0.349 e. The lowest BCUT2D eigenvalue weighted by molar-refractivity contribution is 0.0931. The van der Waals surface area contributed by atoms with E-state index in [0.717, 1.165) is 18.8 Å². The van der Waals surface area contributed by atoms with Crippen molar-refractivity contribution in [2.75, 3.05) is 25.1 Å². The molecule has 3 N–H and O–H groups in total. The van der Waals surface area contributed by atoms with Crippen LogP contribution in [0.1, 0.15) is 34.6 Å². The van der Waals surface area contributed by atoms with E-state index >= 15 is 0 Å². The summed E-state index contributed by atoms with van der Waals surface area (Å²) in [6.07, 6.45) is 0. The van der Waals surface area contributed by atoms with Gasteiger partial charge in [-0.1, -0.05) is 0 Å². The van der Waals surface area contributed by atoms with Crippen molar-refractivity contribution >= 4 is 45.8 Å². The molecule has 1 heterocycles. The van der Waals surface area contributed by atoms with Gasteiger partial charge in [-0.15, -0.1) is 0 Å². The molecule has 0 fully saturated rings. The molecule has 0 aliphatic heterocycles. The van der Waals surface area contributed by atoms with E-state index in [1.807, 2.05) is 19.9 Å². The van der Waals surface area contributed by atoms with E-state index in [-0.39, 0.29) is 10.7 Å². The Morgan fingerprint density at radius 3 is 2.33 bits per heavy atom. The number of hydrogen-bond donors (Lipinski definition) is 3. The molecule has 3 rings (SSSR count). The molecule has 9 nitrogen and oxygen atoms in total. The Bertz CT molecular complexity index is 1240. The van der Waals surface area contributed by atoms with Crippen LogP contribution in [-0.4, -0.2) is 37.1 Å². The lowest BCUT2D eigenvalue weighted by Crippen LogP contribution is -2.49. The molecule has 3 aromatic rings. The molecule has 0 aliphatic rings. The Labute approximate surface area is 195 Å². The first kappa shape index (κ1) is 23.7. The van der Waals surface area contributed by atoms with Crippen molar-refractivity contribution in [3.05, 3.63) is 70.1 Å². The van der Waals surface area contributed by atoms with Gasteiger partial charge in [0.05, 0.1) is 7.11 Å². The molecule has 33 heavy (non-hydrogen) atoms. The number of amides is 2. The van der Waals surface area contributed by atoms with Crippen LogP contribution in [0.4, 0.5) is 5.69 Å². The Kier molecular flexibility index (Phi) is 7.62. The average molecular weight is 469 g/mol. The Morgan fingerprint density at radius 1 is 1.00 bits per heavy atom. The van der Waals surface area contributed by atoms with Crippen molar-refractivity contribution in [1.82, 2.24) is 16.2 Å². The molecule has 2 aromatic carbocycles. The monoisotopic (exact) mass is 468 g/mol. The van der Waals surface area contributed by atoms with Gasteiger partial charge >= 0.3 is 5.63 Å². The summed E-state index contributed by atoms with van der Waals surface area (Å²) in [7, 11) is 1.52. The standard InChI is InChI=1S/C23H24N4O5S/c1-4-27(5-2)16-9-6-15-12-18(22(30)32-19(15)13-16)21(29)25-26-23(33)24-20(28)14-7-10-17(31-3)11-8-14/h6-13H,4-5H2,1-3H3,(H,25,29)(H2,24,26,28,33). The van der Waals surface area contributed by atoms with Gasteiger partial charge in [0.2, 0.25) is 0 Å². The van der Waals surface area contributed by atoms with Gasteiger partial charge in [-0.3, -0.25) is 25.8 Å². The molecule has 0 bridgehead atoms. The van der Waals surface area contributed by atoms with E-state index in [9.17, 15) is 14.4 Å². The minimum absolute atomic E-state index is 0.141. The molecule has 1 aromatic heterocycles. The highest BCUT2D eigenvalue weighted by Gasteiger charge is 2.16. The summed E-state index contributed by atoms with van der Waals surface area (Å²) >= 11 is 5.03. The summed E-state index contributed by atoms with van der Waals surface area (Å²) < 4.78 is 10.4. The molecule has 0 aliphatic carbocycles. The fourth-order valence-electron chi connectivity index (χ4n) is 3.17. The summed E-state index contributed by atoms with van der Waals surface area (Å²) in [5.41, 5.74) is 5.38. The SMILES string of the molecule is CCN(CC)c1ccc2cc(C(=O)NNC(=S)NC(=O)c3ccc(OC)cc3)c(=O)oc2c1. The number of hydrazine groups is 1. The summed E-state index contributed by atoms with van der Waals surface area (Å²) in [4.78, 5) is 39.2. The van der Waals surface area contributed by atoms with Crippen LogP contribution in [0, 0.1) is 0 Å². The largest absolute Gasteiger partial charge is 0.497 e. The Balaban J connectivity index is 1.65. The van der Waals surface area contributed by atoms with Gasteiger partial charge in [-0.05, 0) is 68.5 Å². The fraction of sp³-hybridized carbons (Fsp3) is 0.217. The van der Waals surface area contributed by atoms with E-state index in [2.05, 4.69) is 21.1 Å². The highest BCUT2D eigenvalue weighted by atomic mass is 32.1. The van der Waals surface area contributed by atoms with Crippen LogP contribution < -0.4 is 31.4 Å². The third kappa shape index (κ3) is 5.66. The number of anilines is 1. The number of rotatable bonds is 6. The molecule has 0 saturated carbocycles. The van der Waals surface area contributed by atoms with Crippen LogP contribution in [0.15, 0.2) is 57.7 Å². The van der Waals surface area contributed by atoms with Crippen molar-refractivity contribution in [1.29, 1.82) is 0 Å². The van der Waals surface area contributed by atoms with Crippen molar-refractivity contribution < 1.29 is 18.7 Å². The summed E-state index contributed by atoms with van der Waals surface area (Å²) in [5, 5.41) is 2.89. The number of carbonyl (C=O) groups excluding carboxylic acids is 2. The number of benzene rings is 2. The Morgan fingerprint density at radius 2 is 1.70 bits per heavy atom. The lowest BCUT2D eigenvalue weighted by atomic mass is 10.1. The minimum atomic E-state index is -0.785. The molecular weight excluding hydrogens is 444 g/mol. The van der Waals surface area contributed by atoms with E-state index in [1.54, 1.807) is 36.4 Å². The molecule has 0 atom stereocenters. The predicted octanol–water partition coefficient (Wildman–Crippen LogP) is 2.60. The van der Waals surface area contributed by atoms with Crippen LogP contribution in [0.5, 0.6) is 5.75 Å². The zero-order valence-corrected chi connectivity index (χ0v) is 19.2. The van der Waals surface area contributed by atoms with Crippen LogP contribution in [0.25, 0.3) is 11.0 Å². The number of methoxy groups -OCH3 is 1. The summed E-state index contributed by atoms with van der Waals surface area (Å²) in [6.45, 7) is 5.70. The highest BCUT2D eigenvalue weighted by Crippen LogP contribution is 2.22. The molecule has 0 saturated heterocycles. The van der Waals surface area contributed by atoms with E-state index < -0.39 is 17.4 Å². The van der Waals surface area contributed by atoms with Crippen LogP contribution >= 0.6 is 12.2 Å². The van der Waals surface area contributed by atoms with Crippen molar-refractivity contribution in [2.24, 2.45) is 0 Å². The third-order valence-corrected chi connectivity index (χ3v) is 5.17. The first-order valence-electron chi connectivity index (χ1n) is 10.2.